The lowest BCUT2D eigenvalue weighted by molar-refractivity contribution is -0.626. The van der Waals surface area contributed by atoms with Crippen molar-refractivity contribution in [2.45, 2.75) is 12.6 Å². The molecule has 0 saturated heterocycles. The van der Waals surface area contributed by atoms with Gasteiger partial charge < -0.3 is 14.2 Å². The van der Waals surface area contributed by atoms with Gasteiger partial charge in [-0.05, 0) is 18.2 Å². The van der Waals surface area contributed by atoms with E-state index in [-0.39, 0.29) is 18.8 Å². The molecule has 17 heavy (non-hydrogen) atoms. The molecular weight excluding hydrogens is 230 g/mol. The van der Waals surface area contributed by atoms with Gasteiger partial charge in [0.05, 0.1) is 17.4 Å². The van der Waals surface area contributed by atoms with Crippen LogP contribution in [0, 0.1) is 10.1 Å². The third-order valence-corrected chi connectivity index (χ3v) is 2.53. The molecule has 1 atom stereocenters. The van der Waals surface area contributed by atoms with Gasteiger partial charge in [0.1, 0.15) is 0 Å². The van der Waals surface area contributed by atoms with E-state index in [0.29, 0.717) is 11.5 Å². The van der Waals surface area contributed by atoms with Crippen LogP contribution in [0.25, 0.3) is 0 Å². The number of ether oxygens (including phenoxy) is 3. The van der Waals surface area contributed by atoms with Gasteiger partial charge in [0.15, 0.2) is 11.5 Å². The molecule has 2 rings (SSSR count). The van der Waals surface area contributed by atoms with Crippen molar-refractivity contribution in [2.24, 2.45) is 0 Å². The first kappa shape index (κ1) is 11.2. The number of carbonyl (C=O) groups excluding carboxylic acids is 1. The predicted molar refractivity (Wildman–Crippen MR) is 54.1 cm³/mol. The Hall–Kier alpha value is -2.31. The molecule has 90 valence electrons. The highest BCUT2D eigenvalue weighted by atomic mass is 16.7. The molecule has 0 fully saturated rings. The number of hydrogen-bond acceptors (Lipinski definition) is 6. The third-order valence-electron chi connectivity index (χ3n) is 2.53. The van der Waals surface area contributed by atoms with E-state index in [9.17, 15) is 14.9 Å². The monoisotopic (exact) mass is 239 g/mol. The topological polar surface area (TPSA) is 87.9 Å². The van der Waals surface area contributed by atoms with E-state index in [4.69, 9.17) is 9.47 Å². The second-order valence-corrected chi connectivity index (χ2v) is 3.52. The number of carbonyl (C=O) groups is 1. The first-order valence-electron chi connectivity index (χ1n) is 4.74. The summed E-state index contributed by atoms with van der Waals surface area (Å²) in [5, 5.41) is 11.0. The summed E-state index contributed by atoms with van der Waals surface area (Å²) < 4.78 is 14.7. The number of fused-ring (bicyclic) bond motifs is 1. The molecular formula is C10H9NO6. The molecule has 0 bridgehead atoms. The van der Waals surface area contributed by atoms with E-state index in [1.807, 2.05) is 0 Å². The molecule has 1 aromatic carbocycles. The van der Waals surface area contributed by atoms with Gasteiger partial charge >= 0.3 is 5.72 Å². The molecule has 1 heterocycles. The van der Waals surface area contributed by atoms with Crippen LogP contribution >= 0.6 is 0 Å². The smallest absolute Gasteiger partial charge is 0.389 e. The van der Waals surface area contributed by atoms with Gasteiger partial charge in [-0.3, -0.25) is 14.9 Å². The molecule has 0 radical (unpaired) electrons. The summed E-state index contributed by atoms with van der Waals surface area (Å²) in [5.41, 5.74) is -1.72. The standard InChI is InChI=1S/C10H9NO6/c1-10(11(13)14,17-5-12)7-2-3-8-9(4-7)16-6-15-8/h2-5H,6H2,1H3. The highest BCUT2D eigenvalue weighted by Gasteiger charge is 2.42. The minimum atomic E-state index is -1.93. The van der Waals surface area contributed by atoms with E-state index >= 15 is 0 Å². The van der Waals surface area contributed by atoms with E-state index in [0.717, 1.165) is 0 Å². The summed E-state index contributed by atoms with van der Waals surface area (Å²) in [4.78, 5) is 20.6. The number of rotatable bonds is 4. The van der Waals surface area contributed by atoms with Gasteiger partial charge in [-0.15, -0.1) is 0 Å². The normalized spacial score (nSPS) is 16.1. The summed E-state index contributed by atoms with van der Waals surface area (Å²) >= 11 is 0. The number of nitrogens with zero attached hydrogens (tertiary/aromatic N) is 1. The van der Waals surface area contributed by atoms with Crippen LogP contribution in [0.15, 0.2) is 18.2 Å². The Morgan fingerprint density at radius 2 is 2.18 bits per heavy atom. The van der Waals surface area contributed by atoms with Crippen LogP contribution in [-0.4, -0.2) is 18.2 Å². The van der Waals surface area contributed by atoms with Gasteiger partial charge in [-0.25, -0.2) is 0 Å². The SMILES string of the molecule is CC(OC=O)(c1ccc2c(c1)OCO2)[N+](=O)[O-]. The predicted octanol–water partition coefficient (Wildman–Crippen LogP) is 1.04. The van der Waals surface area contributed by atoms with Gasteiger partial charge in [-0.2, -0.15) is 0 Å². The number of hydrogen-bond donors (Lipinski definition) is 0. The van der Waals surface area contributed by atoms with Crippen molar-refractivity contribution in [2.75, 3.05) is 6.79 Å². The van der Waals surface area contributed by atoms with Crippen LogP contribution in [-0.2, 0) is 15.3 Å². The molecule has 1 unspecified atom stereocenters. The zero-order valence-corrected chi connectivity index (χ0v) is 8.91. The molecule has 0 amide bonds. The van der Waals surface area contributed by atoms with Crippen molar-refractivity contribution in [3.63, 3.8) is 0 Å². The van der Waals surface area contributed by atoms with Gasteiger partial charge in [-0.1, -0.05) is 0 Å². The number of nitro groups is 1. The van der Waals surface area contributed by atoms with E-state index < -0.39 is 10.6 Å². The second-order valence-electron chi connectivity index (χ2n) is 3.52. The van der Waals surface area contributed by atoms with Crippen LogP contribution in [0.3, 0.4) is 0 Å². The summed E-state index contributed by atoms with van der Waals surface area (Å²) in [6, 6.07) is 4.42. The van der Waals surface area contributed by atoms with Crippen LogP contribution in [0.5, 0.6) is 11.5 Å². The van der Waals surface area contributed by atoms with Crippen molar-refractivity contribution in [1.82, 2.24) is 0 Å². The first-order chi connectivity index (χ1) is 8.08. The minimum absolute atomic E-state index is 0.0490. The zero-order chi connectivity index (χ0) is 12.5. The lowest BCUT2D eigenvalue weighted by Crippen LogP contribution is -2.34. The van der Waals surface area contributed by atoms with Crippen LogP contribution in [0.2, 0.25) is 0 Å². The maximum Gasteiger partial charge on any atom is 0.389 e. The third kappa shape index (κ3) is 1.75. The van der Waals surface area contributed by atoms with Crippen molar-refractivity contribution >= 4 is 6.47 Å². The van der Waals surface area contributed by atoms with E-state index in [1.165, 1.54) is 25.1 Å². The molecule has 0 spiro atoms. The van der Waals surface area contributed by atoms with Crippen LogP contribution < -0.4 is 9.47 Å². The minimum Gasteiger partial charge on any atom is -0.454 e. The van der Waals surface area contributed by atoms with Crippen LogP contribution in [0.1, 0.15) is 12.5 Å². The van der Waals surface area contributed by atoms with Crippen molar-refractivity contribution in [1.29, 1.82) is 0 Å². The fourth-order valence-corrected chi connectivity index (χ4v) is 1.50. The molecule has 7 heteroatoms. The number of benzene rings is 1. The average Bonchev–Trinajstić information content (AvgIpc) is 2.75. The lowest BCUT2D eigenvalue weighted by Gasteiger charge is -2.18. The summed E-state index contributed by atoms with van der Waals surface area (Å²) in [6.45, 7) is 1.31. The van der Waals surface area contributed by atoms with Gasteiger partial charge in [0.25, 0.3) is 6.47 Å². The molecule has 0 saturated carbocycles. The Bertz CT molecular complexity index is 474. The summed E-state index contributed by atoms with van der Waals surface area (Å²) in [5.74, 6) is 0.899. The van der Waals surface area contributed by atoms with Crippen molar-refractivity contribution in [3.8, 4) is 11.5 Å². The fraction of sp³-hybridized carbons (Fsp3) is 0.300. The Kier molecular flexibility index (Phi) is 2.58. The van der Waals surface area contributed by atoms with Crippen molar-refractivity contribution in [3.05, 3.63) is 33.9 Å². The highest BCUT2D eigenvalue weighted by Crippen LogP contribution is 2.36. The van der Waals surface area contributed by atoms with Crippen LogP contribution in [0.4, 0.5) is 0 Å². The lowest BCUT2D eigenvalue weighted by atomic mass is 10.0. The zero-order valence-electron chi connectivity index (χ0n) is 8.91. The summed E-state index contributed by atoms with van der Waals surface area (Å²) in [7, 11) is 0. The Balaban J connectivity index is 2.43. The maximum absolute atomic E-state index is 11.0. The largest absolute Gasteiger partial charge is 0.454 e. The molecule has 7 nitrogen and oxygen atoms in total. The maximum atomic E-state index is 11.0. The Labute approximate surface area is 96.0 Å². The Morgan fingerprint density at radius 3 is 2.82 bits per heavy atom. The molecule has 0 aromatic heterocycles. The summed E-state index contributed by atoms with van der Waals surface area (Å²) in [6.07, 6.45) is 0. The van der Waals surface area contributed by atoms with E-state index in [2.05, 4.69) is 4.74 Å². The van der Waals surface area contributed by atoms with E-state index in [1.54, 1.807) is 0 Å². The average molecular weight is 239 g/mol. The second kappa shape index (κ2) is 3.93. The quantitative estimate of drug-likeness (QED) is 0.337. The van der Waals surface area contributed by atoms with Crippen molar-refractivity contribution < 1.29 is 23.9 Å². The van der Waals surface area contributed by atoms with Gasteiger partial charge in [0, 0.05) is 0 Å². The first-order valence-corrected chi connectivity index (χ1v) is 4.74. The van der Waals surface area contributed by atoms with Gasteiger partial charge in [0.2, 0.25) is 6.79 Å². The molecule has 1 aliphatic rings. The molecule has 1 aliphatic heterocycles. The molecule has 0 aliphatic carbocycles. The molecule has 1 aromatic rings. The fourth-order valence-electron chi connectivity index (χ4n) is 1.50. The Morgan fingerprint density at radius 1 is 1.47 bits per heavy atom. The molecule has 0 N–H and O–H groups in total. The highest BCUT2D eigenvalue weighted by molar-refractivity contribution is 5.46.